The lowest BCUT2D eigenvalue weighted by molar-refractivity contribution is -0.117. The van der Waals surface area contributed by atoms with Gasteiger partial charge in [-0.25, -0.2) is 4.79 Å². The third kappa shape index (κ3) is 5.46. The van der Waals surface area contributed by atoms with Crippen LogP contribution < -0.4 is 10.6 Å². The van der Waals surface area contributed by atoms with Crippen molar-refractivity contribution in [3.8, 4) is 0 Å². The number of amides is 3. The van der Waals surface area contributed by atoms with Gasteiger partial charge in [0.2, 0.25) is 5.91 Å². The highest BCUT2D eigenvalue weighted by molar-refractivity contribution is 5.97. The molecule has 1 aromatic rings. The molecule has 0 spiro atoms. The monoisotopic (exact) mass is 348 g/mol. The summed E-state index contributed by atoms with van der Waals surface area (Å²) >= 11 is 0. The molecule has 0 aromatic heterocycles. The standard InChI is InChI=1S/C17H24N4O4/c1-3-25-17(24)21-9-7-20(8-10-21)12-15(22)19-14-6-4-5-13(11-14)16(23)18-2/h4-6,11H,3,7-10,12H2,1-2H3,(H,18,23)(H,19,22). The third-order valence-corrected chi connectivity index (χ3v) is 3.90. The molecule has 0 atom stereocenters. The van der Waals surface area contributed by atoms with Crippen molar-refractivity contribution < 1.29 is 19.1 Å². The number of piperazine rings is 1. The van der Waals surface area contributed by atoms with Gasteiger partial charge in [-0.05, 0) is 25.1 Å². The predicted molar refractivity (Wildman–Crippen MR) is 93.5 cm³/mol. The minimum atomic E-state index is -0.308. The molecule has 8 heteroatoms. The van der Waals surface area contributed by atoms with Crippen LogP contribution in [-0.4, -0.2) is 74.1 Å². The second-order valence-corrected chi connectivity index (χ2v) is 5.67. The van der Waals surface area contributed by atoms with Crippen molar-refractivity contribution >= 4 is 23.6 Å². The molecule has 1 aliphatic rings. The summed E-state index contributed by atoms with van der Waals surface area (Å²) in [7, 11) is 1.56. The minimum absolute atomic E-state index is 0.154. The first-order valence-electron chi connectivity index (χ1n) is 8.29. The van der Waals surface area contributed by atoms with Crippen LogP contribution in [0.3, 0.4) is 0 Å². The molecule has 25 heavy (non-hydrogen) atoms. The quantitative estimate of drug-likeness (QED) is 0.820. The molecule has 1 aromatic carbocycles. The van der Waals surface area contributed by atoms with Gasteiger partial charge in [-0.3, -0.25) is 14.5 Å². The number of ether oxygens (including phenoxy) is 1. The van der Waals surface area contributed by atoms with Gasteiger partial charge < -0.3 is 20.3 Å². The molecule has 1 saturated heterocycles. The molecule has 8 nitrogen and oxygen atoms in total. The van der Waals surface area contributed by atoms with E-state index < -0.39 is 0 Å². The highest BCUT2D eigenvalue weighted by Crippen LogP contribution is 2.11. The van der Waals surface area contributed by atoms with E-state index in [2.05, 4.69) is 10.6 Å². The van der Waals surface area contributed by atoms with Crippen molar-refractivity contribution in [3.63, 3.8) is 0 Å². The van der Waals surface area contributed by atoms with Gasteiger partial charge in [-0.2, -0.15) is 0 Å². The van der Waals surface area contributed by atoms with E-state index in [4.69, 9.17) is 4.74 Å². The van der Waals surface area contributed by atoms with Crippen LogP contribution in [-0.2, 0) is 9.53 Å². The van der Waals surface area contributed by atoms with E-state index in [1.54, 1.807) is 43.1 Å². The van der Waals surface area contributed by atoms with Crippen molar-refractivity contribution in [2.45, 2.75) is 6.92 Å². The number of benzene rings is 1. The molecule has 2 rings (SSSR count). The third-order valence-electron chi connectivity index (χ3n) is 3.90. The van der Waals surface area contributed by atoms with Gasteiger partial charge in [0.1, 0.15) is 0 Å². The SMILES string of the molecule is CCOC(=O)N1CCN(CC(=O)Nc2cccc(C(=O)NC)c2)CC1. The highest BCUT2D eigenvalue weighted by atomic mass is 16.6. The van der Waals surface area contributed by atoms with Gasteiger partial charge in [0.15, 0.2) is 0 Å². The second-order valence-electron chi connectivity index (χ2n) is 5.67. The first kappa shape index (κ1) is 18.7. The highest BCUT2D eigenvalue weighted by Gasteiger charge is 2.23. The topological polar surface area (TPSA) is 91.0 Å². The first-order valence-corrected chi connectivity index (χ1v) is 8.29. The molecule has 0 saturated carbocycles. The van der Waals surface area contributed by atoms with Crippen molar-refractivity contribution in [3.05, 3.63) is 29.8 Å². The lowest BCUT2D eigenvalue weighted by Gasteiger charge is -2.33. The summed E-state index contributed by atoms with van der Waals surface area (Å²) < 4.78 is 4.97. The molecule has 0 radical (unpaired) electrons. The Morgan fingerprint density at radius 3 is 2.52 bits per heavy atom. The Hall–Kier alpha value is -2.61. The molecule has 1 fully saturated rings. The Morgan fingerprint density at radius 2 is 1.88 bits per heavy atom. The lowest BCUT2D eigenvalue weighted by atomic mass is 10.2. The maximum Gasteiger partial charge on any atom is 0.409 e. The van der Waals surface area contributed by atoms with Gasteiger partial charge in [-0.15, -0.1) is 0 Å². The zero-order valence-corrected chi connectivity index (χ0v) is 14.6. The fourth-order valence-corrected chi connectivity index (χ4v) is 2.59. The van der Waals surface area contributed by atoms with Crippen molar-refractivity contribution in [2.75, 3.05) is 51.7 Å². The molecule has 3 amide bonds. The number of rotatable bonds is 5. The van der Waals surface area contributed by atoms with Crippen LogP contribution in [0.15, 0.2) is 24.3 Å². The second kappa shape index (κ2) is 9.03. The number of hydrogen-bond acceptors (Lipinski definition) is 5. The van der Waals surface area contributed by atoms with E-state index in [0.717, 1.165) is 0 Å². The molecular weight excluding hydrogens is 324 g/mol. The van der Waals surface area contributed by atoms with Gasteiger partial charge in [0.25, 0.3) is 5.91 Å². The van der Waals surface area contributed by atoms with Gasteiger partial charge in [0.05, 0.1) is 13.2 Å². The number of anilines is 1. The van der Waals surface area contributed by atoms with Crippen LogP contribution >= 0.6 is 0 Å². The maximum atomic E-state index is 12.2. The smallest absolute Gasteiger partial charge is 0.409 e. The summed E-state index contributed by atoms with van der Waals surface area (Å²) in [4.78, 5) is 39.1. The summed E-state index contributed by atoms with van der Waals surface area (Å²) in [6, 6.07) is 6.78. The molecule has 2 N–H and O–H groups in total. The summed E-state index contributed by atoms with van der Waals surface area (Å²) in [6.07, 6.45) is -0.308. The van der Waals surface area contributed by atoms with E-state index in [9.17, 15) is 14.4 Å². The zero-order valence-electron chi connectivity index (χ0n) is 14.6. The summed E-state index contributed by atoms with van der Waals surface area (Å²) in [6.45, 7) is 4.68. The number of nitrogens with zero attached hydrogens (tertiary/aromatic N) is 2. The number of carbonyl (C=O) groups excluding carboxylic acids is 3. The Labute approximate surface area is 147 Å². The van der Waals surface area contributed by atoms with Gasteiger partial charge >= 0.3 is 6.09 Å². The van der Waals surface area contributed by atoms with E-state index in [1.807, 2.05) is 4.90 Å². The van der Waals surface area contributed by atoms with Crippen LogP contribution in [0.1, 0.15) is 17.3 Å². The van der Waals surface area contributed by atoms with Crippen LogP contribution in [0, 0.1) is 0 Å². The summed E-state index contributed by atoms with van der Waals surface area (Å²) in [5.74, 6) is -0.357. The Balaban J connectivity index is 1.81. The normalized spacial score (nSPS) is 14.7. The average Bonchev–Trinajstić information content (AvgIpc) is 2.62. The molecule has 1 aliphatic heterocycles. The molecule has 136 valence electrons. The van der Waals surface area contributed by atoms with Crippen molar-refractivity contribution in [2.24, 2.45) is 0 Å². The predicted octanol–water partition coefficient (Wildman–Crippen LogP) is 0.759. The molecule has 0 unspecified atom stereocenters. The van der Waals surface area contributed by atoms with Crippen LogP contribution in [0.25, 0.3) is 0 Å². The maximum absolute atomic E-state index is 12.2. The van der Waals surface area contributed by atoms with Gasteiger partial charge in [0, 0.05) is 44.5 Å². The molecular formula is C17H24N4O4. The van der Waals surface area contributed by atoms with E-state index >= 15 is 0 Å². The number of carbonyl (C=O) groups is 3. The Kier molecular flexibility index (Phi) is 6.76. The van der Waals surface area contributed by atoms with Crippen LogP contribution in [0.2, 0.25) is 0 Å². The first-order chi connectivity index (χ1) is 12.0. The molecule has 0 bridgehead atoms. The number of nitrogens with one attached hydrogen (secondary N) is 2. The number of hydrogen-bond donors (Lipinski definition) is 2. The molecule has 1 heterocycles. The van der Waals surface area contributed by atoms with Crippen molar-refractivity contribution in [1.29, 1.82) is 0 Å². The minimum Gasteiger partial charge on any atom is -0.450 e. The van der Waals surface area contributed by atoms with Crippen LogP contribution in [0.5, 0.6) is 0 Å². The largest absolute Gasteiger partial charge is 0.450 e. The van der Waals surface area contributed by atoms with E-state index in [1.165, 1.54) is 0 Å². The zero-order chi connectivity index (χ0) is 18.2. The Morgan fingerprint density at radius 1 is 1.16 bits per heavy atom. The van der Waals surface area contributed by atoms with Gasteiger partial charge in [-0.1, -0.05) is 6.07 Å². The summed E-state index contributed by atoms with van der Waals surface area (Å²) in [5, 5.41) is 5.34. The fraction of sp³-hybridized carbons (Fsp3) is 0.471. The lowest BCUT2D eigenvalue weighted by Crippen LogP contribution is -2.50. The van der Waals surface area contributed by atoms with E-state index in [0.29, 0.717) is 44.0 Å². The van der Waals surface area contributed by atoms with Crippen molar-refractivity contribution in [1.82, 2.24) is 15.1 Å². The summed E-state index contributed by atoms with van der Waals surface area (Å²) in [5.41, 5.74) is 1.07. The molecule has 0 aliphatic carbocycles. The van der Waals surface area contributed by atoms with Crippen LogP contribution in [0.4, 0.5) is 10.5 Å². The Bertz CT molecular complexity index is 627. The average molecular weight is 348 g/mol. The van der Waals surface area contributed by atoms with E-state index in [-0.39, 0.29) is 24.5 Å². The fourth-order valence-electron chi connectivity index (χ4n) is 2.59.